The SMILES string of the molecule is C[C@]12CC[C@H](OP(=O)(O)OCCC[N+](C)(C)C)CC1=CC[C@@H]1[C@@H]2CC[C@]2(C)C(=O)CC[C@@H]12. The molecule has 7 atom stereocenters. The minimum Gasteiger partial charge on any atom is -0.331 e. The van der Waals surface area contributed by atoms with Gasteiger partial charge in [-0.15, -0.1) is 0 Å². The Balaban J connectivity index is 1.37. The Hall–Kier alpha value is -0.520. The van der Waals surface area contributed by atoms with Crippen LogP contribution in [0.2, 0.25) is 0 Å². The maximum absolute atomic E-state index is 12.6. The Kier molecular flexibility index (Phi) is 6.62. The van der Waals surface area contributed by atoms with Gasteiger partial charge in [0.15, 0.2) is 0 Å². The zero-order valence-corrected chi connectivity index (χ0v) is 21.5. The molecule has 0 saturated heterocycles. The van der Waals surface area contributed by atoms with Crippen molar-refractivity contribution in [1.82, 2.24) is 0 Å². The van der Waals surface area contributed by atoms with Crippen LogP contribution in [-0.2, 0) is 18.4 Å². The fraction of sp³-hybridized carbons (Fsp3) is 0.880. The van der Waals surface area contributed by atoms with Crippen LogP contribution in [0.4, 0.5) is 0 Å². The highest BCUT2D eigenvalue weighted by molar-refractivity contribution is 7.47. The molecule has 7 heteroatoms. The molecule has 4 aliphatic rings. The van der Waals surface area contributed by atoms with Gasteiger partial charge in [-0.25, -0.2) is 4.57 Å². The Morgan fingerprint density at radius 2 is 1.81 bits per heavy atom. The van der Waals surface area contributed by atoms with E-state index in [0.717, 1.165) is 62.4 Å². The first-order valence-electron chi connectivity index (χ1n) is 12.5. The first kappa shape index (κ1) is 24.6. The van der Waals surface area contributed by atoms with Gasteiger partial charge in [0.1, 0.15) is 5.78 Å². The molecule has 4 rings (SSSR count). The summed E-state index contributed by atoms with van der Waals surface area (Å²) in [6.45, 7) is 5.72. The Labute approximate surface area is 193 Å². The molecule has 0 heterocycles. The molecular weight excluding hydrogens is 425 g/mol. The van der Waals surface area contributed by atoms with Crippen molar-refractivity contribution in [1.29, 1.82) is 0 Å². The van der Waals surface area contributed by atoms with E-state index >= 15 is 0 Å². The highest BCUT2D eigenvalue weighted by atomic mass is 31.2. The van der Waals surface area contributed by atoms with Crippen LogP contribution in [0, 0.1) is 28.6 Å². The van der Waals surface area contributed by atoms with Gasteiger partial charge in [0.2, 0.25) is 0 Å². The monoisotopic (exact) mass is 468 g/mol. The van der Waals surface area contributed by atoms with Crippen LogP contribution in [0.15, 0.2) is 11.6 Å². The van der Waals surface area contributed by atoms with E-state index in [1.54, 1.807) is 0 Å². The molecule has 0 bridgehead atoms. The van der Waals surface area contributed by atoms with Crippen LogP contribution in [0.5, 0.6) is 0 Å². The number of rotatable bonds is 7. The Morgan fingerprint density at radius 1 is 1.12 bits per heavy atom. The molecule has 182 valence electrons. The van der Waals surface area contributed by atoms with Crippen LogP contribution < -0.4 is 0 Å². The van der Waals surface area contributed by atoms with Gasteiger partial charge in [-0.05, 0) is 68.1 Å². The highest BCUT2D eigenvalue weighted by Gasteiger charge is 2.58. The van der Waals surface area contributed by atoms with Crippen LogP contribution in [0.25, 0.3) is 0 Å². The number of hydrogen-bond acceptors (Lipinski definition) is 4. The fourth-order valence-corrected chi connectivity index (χ4v) is 8.40. The summed E-state index contributed by atoms with van der Waals surface area (Å²) < 4.78 is 24.2. The van der Waals surface area contributed by atoms with E-state index < -0.39 is 7.82 Å². The first-order chi connectivity index (χ1) is 14.8. The van der Waals surface area contributed by atoms with E-state index in [1.807, 2.05) is 0 Å². The number of carbonyl (C=O) groups is 1. The topological polar surface area (TPSA) is 72.8 Å². The van der Waals surface area contributed by atoms with Gasteiger partial charge in [0.05, 0.1) is 40.4 Å². The average Bonchev–Trinajstić information content (AvgIpc) is 3.00. The number of hydrogen-bond donors (Lipinski definition) is 1. The van der Waals surface area contributed by atoms with Crippen molar-refractivity contribution < 1.29 is 27.8 Å². The standard InChI is InChI=1S/C25H42NO5P/c1-24-13-11-19(31-32(28,29)30-16-6-15-26(3,4)5)17-18(24)7-8-20-21-9-10-23(27)25(21,2)14-12-22(20)24/h7,19-22H,6,8-17H2,1-5H3/p+1/t19-,20-,21-,22-,24-,25-/m0/s1. The summed E-state index contributed by atoms with van der Waals surface area (Å²) in [5, 5.41) is 0. The largest absolute Gasteiger partial charge is 0.472 e. The summed E-state index contributed by atoms with van der Waals surface area (Å²) in [5.41, 5.74) is 1.42. The van der Waals surface area contributed by atoms with Crippen LogP contribution in [0.3, 0.4) is 0 Å². The molecule has 1 N–H and O–H groups in total. The van der Waals surface area contributed by atoms with Gasteiger partial charge in [-0.2, -0.15) is 0 Å². The lowest BCUT2D eigenvalue weighted by atomic mass is 9.48. The van der Waals surface area contributed by atoms with Crippen molar-refractivity contribution in [3.05, 3.63) is 11.6 Å². The smallest absolute Gasteiger partial charge is 0.331 e. The summed E-state index contributed by atoms with van der Waals surface area (Å²) in [5.74, 6) is 2.22. The molecule has 1 unspecified atom stereocenters. The third-order valence-corrected chi connectivity index (χ3v) is 10.4. The second-order valence-corrected chi connectivity index (χ2v) is 13.7. The molecule has 0 aliphatic heterocycles. The van der Waals surface area contributed by atoms with Gasteiger partial charge in [0.25, 0.3) is 0 Å². The minimum absolute atomic E-state index is 0.101. The number of quaternary nitrogens is 1. The molecule has 0 aromatic rings. The second-order valence-electron chi connectivity index (χ2n) is 12.3. The molecule has 0 aromatic heterocycles. The molecule has 0 spiro atoms. The molecule has 0 radical (unpaired) electrons. The molecule has 0 aromatic carbocycles. The third-order valence-electron chi connectivity index (χ3n) is 9.28. The number of phosphoric ester groups is 1. The van der Waals surface area contributed by atoms with Gasteiger partial charge in [-0.3, -0.25) is 13.8 Å². The normalized spacial score (nSPS) is 41.3. The Morgan fingerprint density at radius 3 is 2.53 bits per heavy atom. The van der Waals surface area contributed by atoms with Crippen molar-refractivity contribution >= 4 is 13.6 Å². The molecule has 3 saturated carbocycles. The summed E-state index contributed by atoms with van der Waals surface area (Å²) in [7, 11) is 2.23. The van der Waals surface area contributed by atoms with E-state index in [-0.39, 0.29) is 23.5 Å². The number of fused-ring (bicyclic) bond motifs is 5. The number of phosphoric acid groups is 1. The third kappa shape index (κ3) is 4.68. The lowest BCUT2D eigenvalue weighted by Crippen LogP contribution is -2.50. The van der Waals surface area contributed by atoms with E-state index in [1.165, 1.54) is 5.57 Å². The van der Waals surface area contributed by atoms with Crippen molar-refractivity contribution in [2.75, 3.05) is 34.3 Å². The number of ketones is 1. The van der Waals surface area contributed by atoms with Crippen molar-refractivity contribution in [2.45, 2.75) is 77.7 Å². The molecule has 3 fully saturated rings. The minimum atomic E-state index is -4.04. The molecular formula is C25H43NO5P+. The fourth-order valence-electron chi connectivity index (χ4n) is 7.43. The lowest BCUT2D eigenvalue weighted by Gasteiger charge is -2.57. The number of Topliss-reactive ketones (excluding diaryl/α,β-unsaturated/α-hetero) is 1. The average molecular weight is 469 g/mol. The molecule has 32 heavy (non-hydrogen) atoms. The van der Waals surface area contributed by atoms with Crippen LogP contribution in [-0.4, -0.2) is 55.6 Å². The van der Waals surface area contributed by atoms with Crippen molar-refractivity contribution in [3.8, 4) is 0 Å². The van der Waals surface area contributed by atoms with E-state index in [2.05, 4.69) is 41.1 Å². The van der Waals surface area contributed by atoms with Gasteiger partial charge in [-0.1, -0.05) is 25.5 Å². The van der Waals surface area contributed by atoms with E-state index in [9.17, 15) is 14.3 Å². The van der Waals surface area contributed by atoms with Crippen molar-refractivity contribution in [2.24, 2.45) is 28.6 Å². The number of nitrogens with zero attached hydrogens (tertiary/aromatic N) is 1. The predicted molar refractivity (Wildman–Crippen MR) is 125 cm³/mol. The predicted octanol–water partition coefficient (Wildman–Crippen LogP) is 5.12. The lowest BCUT2D eigenvalue weighted by molar-refractivity contribution is -0.870. The van der Waals surface area contributed by atoms with E-state index in [4.69, 9.17) is 9.05 Å². The van der Waals surface area contributed by atoms with Gasteiger partial charge in [0, 0.05) is 18.3 Å². The van der Waals surface area contributed by atoms with Crippen LogP contribution >= 0.6 is 7.82 Å². The van der Waals surface area contributed by atoms with Gasteiger partial charge < -0.3 is 9.38 Å². The van der Waals surface area contributed by atoms with Crippen LogP contribution in [0.1, 0.15) is 71.6 Å². The molecule has 6 nitrogen and oxygen atoms in total. The van der Waals surface area contributed by atoms with E-state index in [0.29, 0.717) is 30.0 Å². The summed E-state index contributed by atoms with van der Waals surface area (Å²) in [4.78, 5) is 22.8. The number of carbonyl (C=O) groups excluding carboxylic acids is 1. The van der Waals surface area contributed by atoms with Gasteiger partial charge >= 0.3 is 7.82 Å². The summed E-state index contributed by atoms with van der Waals surface area (Å²) in [6, 6.07) is 0. The molecule has 0 amide bonds. The molecule has 4 aliphatic carbocycles. The maximum Gasteiger partial charge on any atom is 0.472 e. The summed E-state index contributed by atoms with van der Waals surface area (Å²) in [6.07, 6.45) is 10.3. The first-order valence-corrected chi connectivity index (χ1v) is 14.0. The maximum atomic E-state index is 12.6. The zero-order chi connectivity index (χ0) is 23.4. The number of allylic oxidation sites excluding steroid dienone is 1. The Bertz CT molecular complexity index is 820. The second kappa shape index (κ2) is 8.61. The van der Waals surface area contributed by atoms with Crippen molar-refractivity contribution in [3.63, 3.8) is 0 Å². The highest BCUT2D eigenvalue weighted by Crippen LogP contribution is 2.64. The quantitative estimate of drug-likeness (QED) is 0.243. The summed E-state index contributed by atoms with van der Waals surface area (Å²) >= 11 is 0. The zero-order valence-electron chi connectivity index (χ0n) is 20.6.